The second kappa shape index (κ2) is 5.20. The lowest BCUT2D eigenvalue weighted by Crippen LogP contribution is -2.33. The number of hydrogen-bond donors (Lipinski definition) is 1. The molecule has 7 heteroatoms. The lowest BCUT2D eigenvalue weighted by molar-refractivity contribution is 0.798. The zero-order valence-electron chi connectivity index (χ0n) is 11.9. The summed E-state index contributed by atoms with van der Waals surface area (Å²) in [6, 6.07) is 15.4. The zero-order chi connectivity index (χ0) is 16.0. The fourth-order valence-electron chi connectivity index (χ4n) is 2.71. The first-order chi connectivity index (χ1) is 11.1. The van der Waals surface area contributed by atoms with Crippen molar-refractivity contribution in [2.45, 2.75) is 6.54 Å². The summed E-state index contributed by atoms with van der Waals surface area (Å²) in [4.78, 5) is 23.8. The van der Waals surface area contributed by atoms with Gasteiger partial charge in [0.1, 0.15) is 0 Å². The molecule has 0 saturated heterocycles. The first kappa shape index (κ1) is 14.0. The van der Waals surface area contributed by atoms with Crippen LogP contribution >= 0.6 is 15.9 Å². The molecule has 0 fully saturated rings. The number of aromatic nitrogens is 4. The van der Waals surface area contributed by atoms with E-state index in [9.17, 15) is 9.59 Å². The Balaban J connectivity index is 2.04. The molecule has 0 aliphatic carbocycles. The number of hydrogen-bond acceptors (Lipinski definition) is 3. The van der Waals surface area contributed by atoms with Gasteiger partial charge in [0.2, 0.25) is 5.78 Å². The molecule has 1 N–H and O–H groups in total. The van der Waals surface area contributed by atoms with Gasteiger partial charge in [0.15, 0.2) is 0 Å². The number of aromatic amines is 1. The van der Waals surface area contributed by atoms with Crippen LogP contribution in [0.25, 0.3) is 16.8 Å². The molecule has 6 nitrogen and oxygen atoms in total. The van der Waals surface area contributed by atoms with Crippen molar-refractivity contribution in [3.8, 4) is 0 Å². The molecular formula is C16H11BrN4O2. The second-order valence-electron chi connectivity index (χ2n) is 5.19. The number of fused-ring (bicyclic) bond motifs is 3. The fraction of sp³-hybridized carbons (Fsp3) is 0.0625. The number of halogens is 1. The van der Waals surface area contributed by atoms with E-state index >= 15 is 0 Å². The van der Waals surface area contributed by atoms with Crippen molar-refractivity contribution in [1.29, 1.82) is 0 Å². The van der Waals surface area contributed by atoms with Gasteiger partial charge < -0.3 is 4.57 Å². The van der Waals surface area contributed by atoms with Crippen LogP contribution < -0.4 is 11.1 Å². The molecule has 0 aliphatic rings. The van der Waals surface area contributed by atoms with Gasteiger partial charge in [-0.1, -0.05) is 40.2 Å². The summed E-state index contributed by atoms with van der Waals surface area (Å²) in [5, 5.41) is 6.34. The molecule has 0 bridgehead atoms. The number of H-pyrrole nitrogens is 1. The van der Waals surface area contributed by atoms with Crippen LogP contribution in [0.5, 0.6) is 0 Å². The van der Waals surface area contributed by atoms with Crippen LogP contribution in [-0.2, 0) is 6.54 Å². The van der Waals surface area contributed by atoms with Crippen LogP contribution in [0.1, 0.15) is 5.56 Å². The first-order valence-electron chi connectivity index (χ1n) is 6.98. The Hall–Kier alpha value is -2.67. The van der Waals surface area contributed by atoms with E-state index in [1.165, 1.54) is 4.40 Å². The molecule has 0 unspecified atom stereocenters. The van der Waals surface area contributed by atoms with Crippen molar-refractivity contribution in [2.75, 3.05) is 0 Å². The summed E-state index contributed by atoms with van der Waals surface area (Å²) in [5.41, 5.74) is 1.23. The summed E-state index contributed by atoms with van der Waals surface area (Å²) in [6.07, 6.45) is 0. The molecule has 0 aliphatic heterocycles. The van der Waals surface area contributed by atoms with Gasteiger partial charge in [-0.3, -0.25) is 9.59 Å². The van der Waals surface area contributed by atoms with E-state index in [1.807, 2.05) is 53.1 Å². The van der Waals surface area contributed by atoms with Crippen molar-refractivity contribution in [2.24, 2.45) is 0 Å². The number of benzene rings is 2. The van der Waals surface area contributed by atoms with E-state index in [4.69, 9.17) is 0 Å². The van der Waals surface area contributed by atoms with Crippen molar-refractivity contribution >= 4 is 32.7 Å². The average Bonchev–Trinajstić information content (AvgIpc) is 2.88. The molecule has 2 aromatic heterocycles. The van der Waals surface area contributed by atoms with E-state index in [0.29, 0.717) is 17.8 Å². The van der Waals surface area contributed by atoms with Crippen LogP contribution in [0.2, 0.25) is 0 Å². The second-order valence-corrected chi connectivity index (χ2v) is 6.11. The molecule has 0 atom stereocenters. The molecule has 114 valence electrons. The number of rotatable bonds is 2. The first-order valence-corrected chi connectivity index (χ1v) is 7.77. The minimum atomic E-state index is -0.728. The van der Waals surface area contributed by atoms with Gasteiger partial charge in [-0.2, -0.15) is 0 Å². The standard InChI is InChI=1S/C16H11BrN4O2/c17-11-7-5-10(6-8-11)9-20-12-3-1-2-4-13(12)21-15(23)14(22)18-19-16(20)21/h1-8H,9H2,(H,18,22). The average molecular weight is 371 g/mol. The maximum Gasteiger partial charge on any atom is 0.330 e. The summed E-state index contributed by atoms with van der Waals surface area (Å²) in [6.45, 7) is 0.544. The van der Waals surface area contributed by atoms with Gasteiger partial charge in [-0.05, 0) is 29.8 Å². The minimum absolute atomic E-state index is 0.415. The van der Waals surface area contributed by atoms with Gasteiger partial charge in [0.25, 0.3) is 0 Å². The third-order valence-electron chi connectivity index (χ3n) is 3.76. The maximum absolute atomic E-state index is 12.2. The van der Waals surface area contributed by atoms with Crippen LogP contribution in [0.3, 0.4) is 0 Å². The van der Waals surface area contributed by atoms with Crippen LogP contribution in [0.4, 0.5) is 0 Å². The predicted octanol–water partition coefficient (Wildman–Crippen LogP) is 2.15. The van der Waals surface area contributed by atoms with Crippen molar-refractivity contribution < 1.29 is 0 Å². The molecule has 0 amide bonds. The molecule has 2 heterocycles. The quantitative estimate of drug-likeness (QED) is 0.549. The van der Waals surface area contributed by atoms with Crippen LogP contribution in [-0.4, -0.2) is 19.2 Å². The Morgan fingerprint density at radius 3 is 2.43 bits per heavy atom. The van der Waals surface area contributed by atoms with Crippen LogP contribution in [0.15, 0.2) is 62.6 Å². The smallest absolute Gasteiger partial charge is 0.304 e. The largest absolute Gasteiger partial charge is 0.330 e. The van der Waals surface area contributed by atoms with Crippen molar-refractivity contribution in [3.05, 3.63) is 79.3 Å². The third-order valence-corrected chi connectivity index (χ3v) is 4.29. The monoisotopic (exact) mass is 370 g/mol. The Bertz CT molecular complexity index is 1140. The maximum atomic E-state index is 12.2. The third kappa shape index (κ3) is 2.20. The molecule has 0 radical (unpaired) electrons. The van der Waals surface area contributed by atoms with Crippen molar-refractivity contribution in [3.63, 3.8) is 0 Å². The normalized spacial score (nSPS) is 11.3. The Morgan fingerprint density at radius 1 is 1.00 bits per heavy atom. The molecule has 2 aromatic carbocycles. The minimum Gasteiger partial charge on any atom is -0.304 e. The van der Waals surface area contributed by atoms with Gasteiger partial charge in [0, 0.05) is 4.47 Å². The number of imidazole rings is 1. The van der Waals surface area contributed by atoms with E-state index < -0.39 is 11.1 Å². The molecule has 4 rings (SSSR count). The fourth-order valence-corrected chi connectivity index (χ4v) is 2.97. The van der Waals surface area contributed by atoms with Crippen molar-refractivity contribution in [1.82, 2.24) is 19.2 Å². The number of nitrogens with zero attached hydrogens (tertiary/aromatic N) is 3. The van der Waals surface area contributed by atoms with E-state index in [1.54, 1.807) is 0 Å². The lowest BCUT2D eigenvalue weighted by atomic mass is 10.2. The van der Waals surface area contributed by atoms with Gasteiger partial charge in [-0.15, -0.1) is 5.10 Å². The lowest BCUT2D eigenvalue weighted by Gasteiger charge is -2.06. The molecule has 23 heavy (non-hydrogen) atoms. The Kier molecular flexibility index (Phi) is 3.16. The SMILES string of the molecule is O=c1[nH]nc2n(Cc3ccc(Br)cc3)c3ccccc3n2c1=O. The number of nitrogens with one attached hydrogen (secondary N) is 1. The molecule has 0 spiro atoms. The van der Waals surface area contributed by atoms with Crippen LogP contribution in [0, 0.1) is 0 Å². The topological polar surface area (TPSA) is 72.2 Å². The highest BCUT2D eigenvalue weighted by Gasteiger charge is 2.14. The number of para-hydroxylation sites is 2. The summed E-state index contributed by atoms with van der Waals surface area (Å²) in [5.74, 6) is 0.415. The van der Waals surface area contributed by atoms with E-state index in [-0.39, 0.29) is 0 Å². The van der Waals surface area contributed by atoms with Gasteiger partial charge in [0.05, 0.1) is 17.6 Å². The highest BCUT2D eigenvalue weighted by Crippen LogP contribution is 2.19. The highest BCUT2D eigenvalue weighted by atomic mass is 79.9. The summed E-state index contributed by atoms with van der Waals surface area (Å²) >= 11 is 3.42. The Labute approximate surface area is 138 Å². The molecule has 4 aromatic rings. The summed E-state index contributed by atoms with van der Waals surface area (Å²) in [7, 11) is 0. The Morgan fingerprint density at radius 2 is 1.70 bits per heavy atom. The molecule has 0 saturated carbocycles. The summed E-state index contributed by atoms with van der Waals surface area (Å²) < 4.78 is 4.27. The van der Waals surface area contributed by atoms with Gasteiger partial charge in [-0.25, -0.2) is 9.50 Å². The van der Waals surface area contributed by atoms with Gasteiger partial charge >= 0.3 is 11.1 Å². The highest BCUT2D eigenvalue weighted by molar-refractivity contribution is 9.10. The predicted molar refractivity (Wildman–Crippen MR) is 90.8 cm³/mol. The van der Waals surface area contributed by atoms with E-state index in [0.717, 1.165) is 15.6 Å². The molecular weight excluding hydrogens is 360 g/mol. The zero-order valence-corrected chi connectivity index (χ0v) is 13.4. The van der Waals surface area contributed by atoms with E-state index in [2.05, 4.69) is 26.1 Å².